The van der Waals surface area contributed by atoms with Crippen molar-refractivity contribution >= 4 is 11.8 Å². The first-order valence-corrected chi connectivity index (χ1v) is 11.6. The van der Waals surface area contributed by atoms with Gasteiger partial charge in [0.15, 0.2) is 0 Å². The average Bonchev–Trinajstić information content (AvgIpc) is 3.58. The Morgan fingerprint density at radius 1 is 1.21 bits per heavy atom. The zero-order valence-electron chi connectivity index (χ0n) is 19.2. The lowest BCUT2D eigenvalue weighted by atomic mass is 9.94. The Hall–Kier alpha value is -3.17. The molecule has 2 atom stereocenters. The van der Waals surface area contributed by atoms with Crippen LogP contribution in [0.1, 0.15) is 29.2 Å². The molecule has 2 aromatic heterocycles. The Morgan fingerprint density at radius 3 is 2.82 bits per heavy atom. The van der Waals surface area contributed by atoms with Gasteiger partial charge < -0.3 is 10.1 Å². The summed E-state index contributed by atoms with van der Waals surface area (Å²) in [5.41, 5.74) is 4.27. The second kappa shape index (κ2) is 9.36. The number of aryl methyl sites for hydroxylation is 2. The number of nitrogens with one attached hydrogen (secondary N) is 2. The first-order chi connectivity index (χ1) is 16.1. The predicted molar refractivity (Wildman–Crippen MR) is 126 cm³/mol. The molecule has 5 rings (SSSR count). The molecule has 2 amide bonds. The van der Waals surface area contributed by atoms with Crippen LogP contribution >= 0.6 is 0 Å². The lowest BCUT2D eigenvalue weighted by Gasteiger charge is -2.21. The third kappa shape index (κ3) is 4.51. The number of carbonyl (C=O) groups is 1. The number of benzene rings is 1. The molecule has 2 aliphatic rings. The number of ether oxygens (including phenoxy) is 1. The molecule has 1 aliphatic carbocycles. The highest BCUT2D eigenvalue weighted by molar-refractivity contribution is 5.90. The van der Waals surface area contributed by atoms with Crippen molar-refractivity contribution in [2.75, 3.05) is 38.7 Å². The second-order valence-corrected chi connectivity index (χ2v) is 8.89. The molecule has 1 aromatic carbocycles. The van der Waals surface area contributed by atoms with Crippen LogP contribution in [0.25, 0.3) is 5.69 Å². The van der Waals surface area contributed by atoms with Crippen LogP contribution in [0.5, 0.6) is 0 Å². The molecule has 174 valence electrons. The molecule has 1 fully saturated rings. The van der Waals surface area contributed by atoms with Crippen molar-refractivity contribution in [3.63, 3.8) is 0 Å². The number of rotatable bonds is 7. The third-order valence-electron chi connectivity index (χ3n) is 6.63. The van der Waals surface area contributed by atoms with Gasteiger partial charge in [-0.2, -0.15) is 10.2 Å². The third-order valence-corrected chi connectivity index (χ3v) is 6.63. The number of carbonyl (C=O) groups excluding carboxylic acids is 1. The van der Waals surface area contributed by atoms with E-state index in [1.807, 2.05) is 24.0 Å². The molecule has 3 heterocycles. The van der Waals surface area contributed by atoms with Crippen LogP contribution in [0.15, 0.2) is 42.7 Å². The minimum absolute atomic E-state index is 0.00654. The molecule has 0 bridgehead atoms. The summed E-state index contributed by atoms with van der Waals surface area (Å²) in [6.07, 6.45) is 6.59. The maximum absolute atomic E-state index is 13.2. The summed E-state index contributed by atoms with van der Waals surface area (Å²) in [5.74, 6) is 0.973. The fraction of sp³-hybridized carbons (Fsp3) is 0.458. The van der Waals surface area contributed by atoms with E-state index in [9.17, 15) is 4.79 Å². The van der Waals surface area contributed by atoms with Crippen molar-refractivity contribution in [3.05, 3.63) is 59.5 Å². The van der Waals surface area contributed by atoms with Crippen molar-refractivity contribution in [2.24, 2.45) is 7.05 Å². The van der Waals surface area contributed by atoms with Gasteiger partial charge in [-0.1, -0.05) is 30.3 Å². The summed E-state index contributed by atoms with van der Waals surface area (Å²) in [6.45, 7) is 3.20. The van der Waals surface area contributed by atoms with Gasteiger partial charge >= 0.3 is 6.03 Å². The number of aromatic nitrogens is 4. The summed E-state index contributed by atoms with van der Waals surface area (Å²) in [7, 11) is 3.59. The lowest BCUT2D eigenvalue weighted by molar-refractivity contribution is 0.159. The van der Waals surface area contributed by atoms with E-state index in [1.54, 1.807) is 18.0 Å². The Balaban J connectivity index is 1.35. The molecule has 0 saturated carbocycles. The van der Waals surface area contributed by atoms with Crippen LogP contribution in [0, 0.1) is 0 Å². The number of urea groups is 1. The number of methoxy groups -OCH3 is 1. The number of anilines is 1. The molecule has 1 saturated heterocycles. The summed E-state index contributed by atoms with van der Waals surface area (Å²) < 4.78 is 8.82. The number of likely N-dealkylation sites (tertiary alicyclic amines) is 1. The van der Waals surface area contributed by atoms with E-state index in [-0.39, 0.29) is 18.0 Å². The molecule has 0 radical (unpaired) electrons. The van der Waals surface area contributed by atoms with Crippen LogP contribution in [0.2, 0.25) is 0 Å². The van der Waals surface area contributed by atoms with Gasteiger partial charge in [-0.3, -0.25) is 14.9 Å². The van der Waals surface area contributed by atoms with E-state index >= 15 is 0 Å². The first kappa shape index (κ1) is 21.7. The predicted octanol–water partition coefficient (Wildman–Crippen LogP) is 2.33. The van der Waals surface area contributed by atoms with Crippen LogP contribution in [-0.2, 0) is 24.6 Å². The molecule has 1 aliphatic heterocycles. The van der Waals surface area contributed by atoms with Crippen LogP contribution < -0.4 is 10.6 Å². The molecular weight excluding hydrogens is 418 g/mol. The van der Waals surface area contributed by atoms with Gasteiger partial charge in [0.25, 0.3) is 0 Å². The van der Waals surface area contributed by atoms with Crippen molar-refractivity contribution < 1.29 is 9.53 Å². The lowest BCUT2D eigenvalue weighted by Crippen LogP contribution is -2.42. The fourth-order valence-corrected chi connectivity index (χ4v) is 5.01. The molecule has 3 aromatic rings. The van der Waals surface area contributed by atoms with Crippen molar-refractivity contribution in [1.82, 2.24) is 29.8 Å². The van der Waals surface area contributed by atoms with Crippen LogP contribution in [-0.4, -0.2) is 69.9 Å². The topological polar surface area (TPSA) is 89.2 Å². The van der Waals surface area contributed by atoms with E-state index in [4.69, 9.17) is 9.84 Å². The summed E-state index contributed by atoms with van der Waals surface area (Å²) in [5, 5.41) is 15.4. The van der Waals surface area contributed by atoms with E-state index < -0.39 is 0 Å². The average molecular weight is 450 g/mol. The van der Waals surface area contributed by atoms with Gasteiger partial charge in [0.2, 0.25) is 0 Å². The molecule has 33 heavy (non-hydrogen) atoms. The van der Waals surface area contributed by atoms with Gasteiger partial charge in [-0.15, -0.1) is 0 Å². The Kier molecular flexibility index (Phi) is 6.15. The molecule has 9 nitrogen and oxygen atoms in total. The maximum atomic E-state index is 13.2. The highest BCUT2D eigenvalue weighted by atomic mass is 16.5. The first-order valence-electron chi connectivity index (χ1n) is 11.6. The van der Waals surface area contributed by atoms with E-state index in [1.165, 1.54) is 5.56 Å². The molecule has 0 spiro atoms. The number of fused-ring (bicyclic) bond motifs is 1. The minimum Gasteiger partial charge on any atom is -0.383 e. The van der Waals surface area contributed by atoms with Gasteiger partial charge in [-0.05, 0) is 24.8 Å². The van der Waals surface area contributed by atoms with Crippen molar-refractivity contribution in [1.29, 1.82) is 0 Å². The van der Waals surface area contributed by atoms with E-state index in [0.29, 0.717) is 6.61 Å². The normalized spacial score (nSPS) is 20.2. The number of hydrogen-bond donors (Lipinski definition) is 2. The zero-order valence-corrected chi connectivity index (χ0v) is 19.2. The molecule has 9 heteroatoms. The standard InChI is InChI=1S/C24H31N7O2/c1-29-14-18(13-25-29)31-23(19-9-6-10-21(19)28-31)27-24(32)26-22-16-30(11-12-33-2)15-20(22)17-7-4-3-5-8-17/h3-5,7-8,13-14,20,22H,6,9-12,15-16H2,1-2H3,(H2,26,27,32)/t20-,22+/m0/s1. The van der Waals surface area contributed by atoms with E-state index in [0.717, 1.165) is 61.7 Å². The van der Waals surface area contributed by atoms with Gasteiger partial charge in [0.1, 0.15) is 11.5 Å². The van der Waals surface area contributed by atoms with Crippen molar-refractivity contribution in [3.8, 4) is 5.69 Å². The molecular formula is C24H31N7O2. The highest BCUT2D eigenvalue weighted by Crippen LogP contribution is 2.31. The molecule has 0 unspecified atom stereocenters. The number of nitrogens with zero attached hydrogens (tertiary/aromatic N) is 5. The van der Waals surface area contributed by atoms with Gasteiger partial charge in [0.05, 0.1) is 30.7 Å². The minimum atomic E-state index is -0.200. The smallest absolute Gasteiger partial charge is 0.320 e. The Bertz CT molecular complexity index is 1110. The largest absolute Gasteiger partial charge is 0.383 e. The zero-order chi connectivity index (χ0) is 22.8. The Morgan fingerprint density at radius 2 is 2.06 bits per heavy atom. The van der Waals surface area contributed by atoms with Gasteiger partial charge in [0, 0.05) is 45.3 Å². The fourth-order valence-electron chi connectivity index (χ4n) is 5.01. The van der Waals surface area contributed by atoms with E-state index in [2.05, 4.69) is 44.9 Å². The summed E-state index contributed by atoms with van der Waals surface area (Å²) >= 11 is 0. The maximum Gasteiger partial charge on any atom is 0.320 e. The van der Waals surface area contributed by atoms with Gasteiger partial charge in [-0.25, -0.2) is 9.48 Å². The highest BCUT2D eigenvalue weighted by Gasteiger charge is 2.35. The summed E-state index contributed by atoms with van der Waals surface area (Å²) in [6, 6.07) is 10.2. The monoisotopic (exact) mass is 449 g/mol. The van der Waals surface area contributed by atoms with Crippen LogP contribution in [0.4, 0.5) is 10.6 Å². The quantitative estimate of drug-likeness (QED) is 0.578. The summed E-state index contributed by atoms with van der Waals surface area (Å²) in [4.78, 5) is 15.6. The van der Waals surface area contributed by atoms with Crippen LogP contribution in [0.3, 0.4) is 0 Å². The molecule has 2 N–H and O–H groups in total. The SMILES string of the molecule is COCCN1C[C@@H](NC(=O)Nc2c3c(nn2-c2cnn(C)c2)CCC3)[C@H](c2ccccc2)C1. The van der Waals surface area contributed by atoms with Crippen molar-refractivity contribution in [2.45, 2.75) is 31.2 Å². The number of amides is 2. The Labute approximate surface area is 193 Å². The second-order valence-electron chi connectivity index (χ2n) is 8.89. The number of hydrogen-bond acceptors (Lipinski definition) is 5.